The number of rotatable bonds is 1. The topological polar surface area (TPSA) is 38.5 Å². The summed E-state index contributed by atoms with van der Waals surface area (Å²) >= 11 is 0. The van der Waals surface area contributed by atoms with Crippen molar-refractivity contribution in [3.05, 3.63) is 91.0 Å². The van der Waals surface area contributed by atoms with Gasteiger partial charge in [-0.3, -0.25) is 4.99 Å². The van der Waals surface area contributed by atoms with Crippen LogP contribution in [0.15, 0.2) is 96.0 Å². The summed E-state index contributed by atoms with van der Waals surface area (Å²) in [5.41, 5.74) is 6.23. The standard InChI is InChI=1S/C26H19N3O/c1-4-10-24-19(7-1)20-8-2-5-11-25(20)29(24)18-13-14-21-23(17-18)27-15-16-30-26-12-6-3-9-22(26)28-21/h1-15,17,28H,16H2. The van der Waals surface area contributed by atoms with E-state index in [1.807, 2.05) is 30.5 Å². The zero-order chi connectivity index (χ0) is 19.9. The first-order valence-electron chi connectivity index (χ1n) is 10.0. The Morgan fingerprint density at radius 1 is 0.733 bits per heavy atom. The average molecular weight is 389 g/mol. The smallest absolute Gasteiger partial charge is 0.143 e. The Hall–Kier alpha value is -4.05. The Morgan fingerprint density at radius 3 is 2.23 bits per heavy atom. The summed E-state index contributed by atoms with van der Waals surface area (Å²) in [4.78, 5) is 4.69. The molecule has 0 aliphatic carbocycles. The molecule has 0 atom stereocenters. The van der Waals surface area contributed by atoms with Gasteiger partial charge in [0.2, 0.25) is 0 Å². The number of ether oxygens (including phenoxy) is 1. The first kappa shape index (κ1) is 16.9. The molecule has 4 nitrogen and oxygen atoms in total. The molecule has 0 radical (unpaired) electrons. The van der Waals surface area contributed by atoms with Crippen molar-refractivity contribution in [1.82, 2.24) is 4.57 Å². The number of nitrogens with one attached hydrogen (secondary N) is 1. The molecule has 6 rings (SSSR count). The van der Waals surface area contributed by atoms with Crippen LogP contribution in [0.25, 0.3) is 27.5 Å². The number of para-hydroxylation sites is 4. The monoisotopic (exact) mass is 389 g/mol. The number of aromatic nitrogens is 1. The molecule has 0 fully saturated rings. The summed E-state index contributed by atoms with van der Waals surface area (Å²) < 4.78 is 8.14. The van der Waals surface area contributed by atoms with Crippen molar-refractivity contribution >= 4 is 45.1 Å². The van der Waals surface area contributed by atoms with Gasteiger partial charge in [0.1, 0.15) is 12.4 Å². The summed E-state index contributed by atoms with van der Waals surface area (Å²) in [6.07, 6.45) is 1.82. The van der Waals surface area contributed by atoms with Gasteiger partial charge in [-0.2, -0.15) is 0 Å². The summed E-state index contributed by atoms with van der Waals surface area (Å²) in [6, 6.07) is 31.4. The Bertz CT molecular complexity index is 1380. The fourth-order valence-corrected chi connectivity index (χ4v) is 4.18. The lowest BCUT2D eigenvalue weighted by Crippen LogP contribution is -1.99. The number of aliphatic imine (C=N–C) groups is 1. The van der Waals surface area contributed by atoms with E-state index in [0.29, 0.717) is 6.61 Å². The lowest BCUT2D eigenvalue weighted by Gasteiger charge is -2.14. The van der Waals surface area contributed by atoms with E-state index in [1.54, 1.807) is 0 Å². The molecule has 0 bridgehead atoms. The zero-order valence-corrected chi connectivity index (χ0v) is 16.2. The third-order valence-corrected chi connectivity index (χ3v) is 5.52. The second kappa shape index (κ2) is 6.78. The lowest BCUT2D eigenvalue weighted by atomic mass is 10.2. The van der Waals surface area contributed by atoms with Crippen LogP contribution in [0.2, 0.25) is 0 Å². The number of benzene rings is 4. The quantitative estimate of drug-likeness (QED) is 0.350. The molecule has 144 valence electrons. The van der Waals surface area contributed by atoms with Crippen molar-refractivity contribution in [2.45, 2.75) is 0 Å². The molecule has 0 spiro atoms. The minimum atomic E-state index is 0.428. The second-order valence-electron chi connectivity index (χ2n) is 7.31. The van der Waals surface area contributed by atoms with E-state index in [1.165, 1.54) is 21.8 Å². The van der Waals surface area contributed by atoms with Crippen LogP contribution in [0.4, 0.5) is 17.1 Å². The van der Waals surface area contributed by atoms with E-state index in [2.05, 4.69) is 76.6 Å². The number of hydrogen-bond donors (Lipinski definition) is 1. The van der Waals surface area contributed by atoms with E-state index in [9.17, 15) is 0 Å². The molecule has 0 saturated carbocycles. The molecule has 1 N–H and O–H groups in total. The second-order valence-corrected chi connectivity index (χ2v) is 7.31. The highest BCUT2D eigenvalue weighted by Gasteiger charge is 2.14. The van der Waals surface area contributed by atoms with Gasteiger partial charge in [-0.05, 0) is 42.5 Å². The van der Waals surface area contributed by atoms with Gasteiger partial charge in [-0.1, -0.05) is 48.5 Å². The summed E-state index contributed by atoms with van der Waals surface area (Å²) in [5.74, 6) is 0.822. The first-order valence-corrected chi connectivity index (χ1v) is 10.0. The van der Waals surface area contributed by atoms with Gasteiger partial charge in [0.05, 0.1) is 28.1 Å². The number of hydrogen-bond acceptors (Lipinski definition) is 3. The fraction of sp³-hybridized carbons (Fsp3) is 0.0385. The van der Waals surface area contributed by atoms with Gasteiger partial charge < -0.3 is 14.6 Å². The van der Waals surface area contributed by atoms with Crippen LogP contribution < -0.4 is 10.1 Å². The SMILES string of the molecule is C1=Nc2cc(-n3c4ccccc4c4ccccc43)ccc2Nc2ccccc2OC1. The van der Waals surface area contributed by atoms with Gasteiger partial charge in [0.25, 0.3) is 0 Å². The highest BCUT2D eigenvalue weighted by Crippen LogP contribution is 2.37. The Balaban J connectivity index is 1.56. The van der Waals surface area contributed by atoms with Crippen LogP contribution in [0, 0.1) is 0 Å². The van der Waals surface area contributed by atoms with Crippen LogP contribution in [-0.2, 0) is 0 Å². The Labute approximate surface area is 174 Å². The molecule has 2 heterocycles. The van der Waals surface area contributed by atoms with Gasteiger partial charge in [-0.15, -0.1) is 0 Å². The van der Waals surface area contributed by atoms with Crippen molar-refractivity contribution in [3.63, 3.8) is 0 Å². The molecule has 4 heteroatoms. The van der Waals surface area contributed by atoms with E-state index in [4.69, 9.17) is 9.73 Å². The maximum Gasteiger partial charge on any atom is 0.143 e. The number of anilines is 2. The molecule has 5 aromatic rings. The van der Waals surface area contributed by atoms with Crippen molar-refractivity contribution in [3.8, 4) is 11.4 Å². The zero-order valence-electron chi connectivity index (χ0n) is 16.2. The lowest BCUT2D eigenvalue weighted by molar-refractivity contribution is 0.382. The third-order valence-electron chi connectivity index (χ3n) is 5.52. The molecular formula is C26H19N3O. The van der Waals surface area contributed by atoms with Crippen molar-refractivity contribution in [2.75, 3.05) is 11.9 Å². The van der Waals surface area contributed by atoms with E-state index >= 15 is 0 Å². The summed E-state index contributed by atoms with van der Waals surface area (Å²) in [7, 11) is 0. The minimum absolute atomic E-state index is 0.428. The van der Waals surface area contributed by atoms with E-state index in [0.717, 1.165) is 28.5 Å². The molecule has 30 heavy (non-hydrogen) atoms. The molecule has 1 aliphatic rings. The van der Waals surface area contributed by atoms with Gasteiger partial charge >= 0.3 is 0 Å². The largest absolute Gasteiger partial charge is 0.486 e. The van der Waals surface area contributed by atoms with Crippen LogP contribution in [0.3, 0.4) is 0 Å². The number of fused-ring (bicyclic) bond motifs is 5. The molecule has 0 saturated heterocycles. The van der Waals surface area contributed by atoms with E-state index in [-0.39, 0.29) is 0 Å². The highest BCUT2D eigenvalue weighted by atomic mass is 16.5. The van der Waals surface area contributed by atoms with Crippen LogP contribution in [0.5, 0.6) is 5.75 Å². The van der Waals surface area contributed by atoms with Crippen molar-refractivity contribution < 1.29 is 4.74 Å². The van der Waals surface area contributed by atoms with E-state index < -0.39 is 0 Å². The predicted molar refractivity (Wildman–Crippen MR) is 124 cm³/mol. The van der Waals surface area contributed by atoms with Gasteiger partial charge in [0.15, 0.2) is 0 Å². The maximum absolute atomic E-state index is 5.84. The molecular weight excluding hydrogens is 370 g/mol. The van der Waals surface area contributed by atoms with Crippen molar-refractivity contribution in [1.29, 1.82) is 0 Å². The third kappa shape index (κ3) is 2.65. The Morgan fingerprint density at radius 2 is 1.43 bits per heavy atom. The highest BCUT2D eigenvalue weighted by molar-refractivity contribution is 6.09. The predicted octanol–water partition coefficient (Wildman–Crippen LogP) is 6.62. The summed E-state index contributed by atoms with van der Waals surface area (Å²) in [5, 5.41) is 5.98. The van der Waals surface area contributed by atoms with Crippen LogP contribution in [0.1, 0.15) is 0 Å². The summed E-state index contributed by atoms with van der Waals surface area (Å²) in [6.45, 7) is 0.428. The van der Waals surface area contributed by atoms with Crippen LogP contribution >= 0.6 is 0 Å². The molecule has 1 aromatic heterocycles. The molecule has 0 amide bonds. The molecule has 0 unspecified atom stereocenters. The fourth-order valence-electron chi connectivity index (χ4n) is 4.18. The van der Waals surface area contributed by atoms with Crippen LogP contribution in [-0.4, -0.2) is 17.4 Å². The Kier molecular flexibility index (Phi) is 3.81. The van der Waals surface area contributed by atoms with Gasteiger partial charge in [0, 0.05) is 22.7 Å². The molecule has 4 aromatic carbocycles. The van der Waals surface area contributed by atoms with Gasteiger partial charge in [-0.25, -0.2) is 0 Å². The average Bonchev–Trinajstić information content (AvgIpc) is 3.16. The number of nitrogens with zero attached hydrogens (tertiary/aromatic N) is 2. The molecule has 1 aliphatic heterocycles. The normalized spacial score (nSPS) is 12.9. The maximum atomic E-state index is 5.84. The minimum Gasteiger partial charge on any atom is -0.486 e. The first-order chi connectivity index (χ1) is 14.9. The van der Waals surface area contributed by atoms with Crippen molar-refractivity contribution in [2.24, 2.45) is 4.99 Å².